The minimum atomic E-state index is -0.481. The largest absolute Gasteiger partial charge is 0.505 e. The molecule has 0 spiro atoms. The molecular weight excluding hydrogens is 175 g/mol. The Morgan fingerprint density at radius 2 is 2.10 bits per heavy atom. The van der Waals surface area contributed by atoms with Crippen molar-refractivity contribution in [1.82, 2.24) is 0 Å². The molecule has 1 aromatic carbocycles. The number of rotatable bonds is 1. The van der Waals surface area contributed by atoms with Gasteiger partial charge in [0.1, 0.15) is 5.82 Å². The molecule has 0 N–H and O–H groups in total. The Morgan fingerprint density at radius 1 is 1.40 bits per heavy atom. The van der Waals surface area contributed by atoms with Gasteiger partial charge in [0.05, 0.1) is 0 Å². The first kappa shape index (κ1) is 7.57. The summed E-state index contributed by atoms with van der Waals surface area (Å²) in [6, 6.07) is 3.72. The van der Waals surface area contributed by atoms with E-state index in [1.165, 1.54) is 6.07 Å². The standard InChI is InChI=1S/C6H3ClFOS/c7-4-1-5(8)3-6(2-4)10-9/h1-3H/q+1. The van der Waals surface area contributed by atoms with Gasteiger partial charge in [0.15, 0.2) is 0 Å². The second-order valence-electron chi connectivity index (χ2n) is 1.69. The zero-order valence-corrected chi connectivity index (χ0v) is 6.38. The zero-order valence-electron chi connectivity index (χ0n) is 4.80. The first-order valence-corrected chi connectivity index (χ1v) is 3.60. The van der Waals surface area contributed by atoms with Gasteiger partial charge in [-0.2, -0.15) is 0 Å². The van der Waals surface area contributed by atoms with Gasteiger partial charge in [0.25, 0.3) is 4.90 Å². The van der Waals surface area contributed by atoms with Gasteiger partial charge in [-0.05, 0) is 6.07 Å². The molecule has 52 valence electrons. The van der Waals surface area contributed by atoms with Crippen LogP contribution in [0, 0.1) is 5.82 Å². The lowest BCUT2D eigenvalue weighted by Gasteiger charge is -1.84. The highest BCUT2D eigenvalue weighted by atomic mass is 35.5. The summed E-state index contributed by atoms with van der Waals surface area (Å²) in [4.78, 5) is 0.296. The summed E-state index contributed by atoms with van der Waals surface area (Å²) in [5.74, 6) is -0.481. The van der Waals surface area contributed by atoms with E-state index in [1.807, 2.05) is 0 Å². The smallest absolute Gasteiger partial charge is 0.207 e. The van der Waals surface area contributed by atoms with Crippen LogP contribution in [0.5, 0.6) is 0 Å². The van der Waals surface area contributed by atoms with E-state index >= 15 is 0 Å². The summed E-state index contributed by atoms with van der Waals surface area (Å²) in [6.45, 7) is 0. The van der Waals surface area contributed by atoms with Crippen LogP contribution in [0.15, 0.2) is 23.1 Å². The summed E-state index contributed by atoms with van der Waals surface area (Å²) >= 11 is 5.66. The SMILES string of the molecule is O=[S+]c1cc(F)cc(Cl)c1. The van der Waals surface area contributed by atoms with E-state index in [1.54, 1.807) is 0 Å². The minimum absolute atomic E-state index is 0.223. The number of benzene rings is 1. The second kappa shape index (κ2) is 3.03. The van der Waals surface area contributed by atoms with Crippen LogP contribution in [-0.4, -0.2) is 0 Å². The van der Waals surface area contributed by atoms with Crippen molar-refractivity contribution in [2.75, 3.05) is 0 Å². The van der Waals surface area contributed by atoms with Gasteiger partial charge in [-0.15, -0.1) is 0 Å². The molecule has 0 heterocycles. The Labute approximate surface area is 66.3 Å². The molecule has 1 nitrogen and oxygen atoms in total. The Morgan fingerprint density at radius 3 is 2.60 bits per heavy atom. The van der Waals surface area contributed by atoms with Crippen LogP contribution in [0.25, 0.3) is 0 Å². The van der Waals surface area contributed by atoms with Gasteiger partial charge in [-0.3, -0.25) is 0 Å². The third-order valence-electron chi connectivity index (χ3n) is 0.932. The minimum Gasteiger partial charge on any atom is -0.207 e. The second-order valence-corrected chi connectivity index (χ2v) is 2.76. The maximum Gasteiger partial charge on any atom is 0.505 e. The molecule has 0 atom stereocenters. The Balaban J connectivity index is 3.18. The first-order chi connectivity index (χ1) is 4.72. The molecule has 0 aliphatic rings. The van der Waals surface area contributed by atoms with Crippen LogP contribution in [-0.2, 0) is 15.9 Å². The average molecular weight is 178 g/mol. The molecule has 0 bridgehead atoms. The van der Waals surface area contributed by atoms with Gasteiger partial charge in [0, 0.05) is 21.4 Å². The van der Waals surface area contributed by atoms with Crippen LogP contribution >= 0.6 is 11.6 Å². The molecule has 0 unspecified atom stereocenters. The van der Waals surface area contributed by atoms with Crippen molar-refractivity contribution >= 4 is 23.3 Å². The lowest BCUT2D eigenvalue weighted by molar-refractivity contribution is 0.601. The van der Waals surface area contributed by atoms with Crippen molar-refractivity contribution in [3.05, 3.63) is 29.0 Å². The van der Waals surface area contributed by atoms with E-state index < -0.39 is 5.82 Å². The molecule has 0 aliphatic carbocycles. The van der Waals surface area contributed by atoms with E-state index in [2.05, 4.69) is 0 Å². The Hall–Kier alpha value is -0.540. The quantitative estimate of drug-likeness (QED) is 0.602. The van der Waals surface area contributed by atoms with Crippen molar-refractivity contribution in [3.8, 4) is 0 Å². The normalized spacial score (nSPS) is 9.40. The van der Waals surface area contributed by atoms with Crippen molar-refractivity contribution in [2.24, 2.45) is 0 Å². The molecular formula is C6H3ClFOS+. The molecule has 10 heavy (non-hydrogen) atoms. The third-order valence-corrected chi connectivity index (χ3v) is 1.58. The van der Waals surface area contributed by atoms with Gasteiger partial charge >= 0.3 is 11.7 Å². The molecule has 0 aromatic heterocycles. The number of halogens is 2. The summed E-state index contributed by atoms with van der Waals surface area (Å²) < 4.78 is 22.5. The lowest BCUT2D eigenvalue weighted by atomic mass is 10.3. The van der Waals surface area contributed by atoms with Gasteiger partial charge < -0.3 is 0 Å². The molecule has 0 radical (unpaired) electrons. The van der Waals surface area contributed by atoms with Gasteiger partial charge in [-0.25, -0.2) is 4.39 Å². The Kier molecular flexibility index (Phi) is 2.29. The maximum atomic E-state index is 12.4. The summed E-state index contributed by atoms with van der Waals surface area (Å²) in [5.41, 5.74) is 0. The van der Waals surface area contributed by atoms with Crippen LogP contribution < -0.4 is 0 Å². The van der Waals surface area contributed by atoms with Crippen molar-refractivity contribution < 1.29 is 8.60 Å². The van der Waals surface area contributed by atoms with E-state index in [0.29, 0.717) is 4.90 Å². The monoisotopic (exact) mass is 177 g/mol. The molecule has 1 rings (SSSR count). The Bertz CT molecular complexity index is 244. The van der Waals surface area contributed by atoms with E-state index in [0.717, 1.165) is 12.1 Å². The van der Waals surface area contributed by atoms with Crippen LogP contribution in [0.2, 0.25) is 5.02 Å². The zero-order chi connectivity index (χ0) is 7.56. The topological polar surface area (TPSA) is 17.1 Å². The van der Waals surface area contributed by atoms with Gasteiger partial charge in [-0.1, -0.05) is 11.6 Å². The molecule has 1 aromatic rings. The fourth-order valence-corrected chi connectivity index (χ4v) is 1.20. The van der Waals surface area contributed by atoms with Crippen molar-refractivity contribution in [1.29, 1.82) is 0 Å². The summed E-state index contributed by atoms with van der Waals surface area (Å²) in [7, 11) is 0. The number of hydrogen-bond acceptors (Lipinski definition) is 1. The molecule has 4 heteroatoms. The molecule has 0 fully saturated rings. The molecule has 0 aliphatic heterocycles. The highest BCUT2D eigenvalue weighted by Gasteiger charge is 2.08. The van der Waals surface area contributed by atoms with Crippen LogP contribution in [0.3, 0.4) is 0 Å². The van der Waals surface area contributed by atoms with Crippen molar-refractivity contribution in [2.45, 2.75) is 4.90 Å². The summed E-state index contributed by atoms with van der Waals surface area (Å²) in [6.07, 6.45) is 0. The molecule has 0 saturated heterocycles. The van der Waals surface area contributed by atoms with Crippen LogP contribution in [0.4, 0.5) is 4.39 Å². The predicted octanol–water partition coefficient (Wildman–Crippen LogP) is 2.27. The fraction of sp³-hybridized carbons (Fsp3) is 0. The number of hydrogen-bond donors (Lipinski definition) is 0. The predicted molar refractivity (Wildman–Crippen MR) is 37.7 cm³/mol. The highest BCUT2D eigenvalue weighted by molar-refractivity contribution is 7.65. The first-order valence-electron chi connectivity index (χ1n) is 2.48. The lowest BCUT2D eigenvalue weighted by Crippen LogP contribution is -1.77. The molecule has 0 amide bonds. The van der Waals surface area contributed by atoms with Crippen LogP contribution in [0.1, 0.15) is 0 Å². The fourth-order valence-electron chi connectivity index (χ4n) is 0.577. The maximum absolute atomic E-state index is 12.4. The summed E-state index contributed by atoms with van der Waals surface area (Å²) in [5, 5.41) is 0.248. The molecule has 0 saturated carbocycles. The highest BCUT2D eigenvalue weighted by Crippen LogP contribution is 2.13. The van der Waals surface area contributed by atoms with Crippen molar-refractivity contribution in [3.63, 3.8) is 0 Å². The van der Waals surface area contributed by atoms with E-state index in [4.69, 9.17) is 11.6 Å². The van der Waals surface area contributed by atoms with E-state index in [9.17, 15) is 8.60 Å². The average Bonchev–Trinajstić information content (AvgIpc) is 1.85. The van der Waals surface area contributed by atoms with E-state index in [-0.39, 0.29) is 16.7 Å². The third kappa shape index (κ3) is 1.72. The van der Waals surface area contributed by atoms with Gasteiger partial charge in [0.2, 0.25) is 0 Å².